The van der Waals surface area contributed by atoms with Crippen LogP contribution in [-0.4, -0.2) is 29.7 Å². The van der Waals surface area contributed by atoms with Gasteiger partial charge in [0.2, 0.25) is 5.91 Å². The fraction of sp³-hybridized carbons (Fsp3) is 0.923. The normalized spacial score (nSPS) is 29.0. The molecular formula is C13H26N2O2. The van der Waals surface area contributed by atoms with E-state index in [1.807, 2.05) is 0 Å². The Balaban J connectivity index is 2.26. The molecule has 1 amide bonds. The highest BCUT2D eigenvalue weighted by Crippen LogP contribution is 2.30. The third-order valence-corrected chi connectivity index (χ3v) is 3.61. The van der Waals surface area contributed by atoms with Gasteiger partial charge in [-0.05, 0) is 38.0 Å². The SMILES string of the molecule is CC1CCCC(N)(C(=O)NCCCCCO)C1. The highest BCUT2D eigenvalue weighted by molar-refractivity contribution is 5.86. The predicted molar refractivity (Wildman–Crippen MR) is 68.5 cm³/mol. The number of rotatable bonds is 6. The average Bonchev–Trinajstić information content (AvgIpc) is 2.28. The van der Waals surface area contributed by atoms with Crippen LogP contribution in [0.25, 0.3) is 0 Å². The number of hydrogen-bond donors (Lipinski definition) is 3. The molecule has 17 heavy (non-hydrogen) atoms. The van der Waals surface area contributed by atoms with E-state index in [2.05, 4.69) is 12.2 Å². The van der Waals surface area contributed by atoms with E-state index >= 15 is 0 Å². The van der Waals surface area contributed by atoms with E-state index in [4.69, 9.17) is 10.8 Å². The smallest absolute Gasteiger partial charge is 0.240 e. The van der Waals surface area contributed by atoms with Crippen molar-refractivity contribution < 1.29 is 9.90 Å². The molecule has 2 atom stereocenters. The molecule has 0 aromatic rings. The van der Waals surface area contributed by atoms with Gasteiger partial charge in [-0.1, -0.05) is 19.8 Å². The lowest BCUT2D eigenvalue weighted by Gasteiger charge is -2.35. The second-order valence-corrected chi connectivity index (χ2v) is 5.40. The molecule has 0 aliphatic heterocycles. The number of carbonyl (C=O) groups excluding carboxylic acids is 1. The van der Waals surface area contributed by atoms with Crippen molar-refractivity contribution in [3.05, 3.63) is 0 Å². The number of nitrogens with two attached hydrogens (primary N) is 1. The maximum absolute atomic E-state index is 12.0. The number of aliphatic hydroxyl groups is 1. The molecule has 4 N–H and O–H groups in total. The summed E-state index contributed by atoms with van der Waals surface area (Å²) in [5.74, 6) is 0.557. The van der Waals surface area contributed by atoms with Crippen LogP contribution >= 0.6 is 0 Å². The molecule has 1 aliphatic rings. The molecule has 0 aromatic heterocycles. The van der Waals surface area contributed by atoms with Gasteiger partial charge < -0.3 is 16.2 Å². The zero-order valence-corrected chi connectivity index (χ0v) is 10.9. The molecular weight excluding hydrogens is 216 g/mol. The van der Waals surface area contributed by atoms with E-state index in [-0.39, 0.29) is 12.5 Å². The maximum Gasteiger partial charge on any atom is 0.240 e. The number of carbonyl (C=O) groups is 1. The number of unbranched alkanes of at least 4 members (excludes halogenated alkanes) is 2. The Bertz CT molecular complexity index is 246. The molecule has 0 aromatic carbocycles. The van der Waals surface area contributed by atoms with Gasteiger partial charge in [-0.2, -0.15) is 0 Å². The summed E-state index contributed by atoms with van der Waals surface area (Å²) in [6, 6.07) is 0. The Morgan fingerprint density at radius 2 is 2.24 bits per heavy atom. The van der Waals surface area contributed by atoms with Gasteiger partial charge in [0.05, 0.1) is 5.54 Å². The minimum atomic E-state index is -0.644. The first-order chi connectivity index (χ1) is 8.08. The van der Waals surface area contributed by atoms with Crippen LogP contribution in [-0.2, 0) is 4.79 Å². The van der Waals surface area contributed by atoms with Gasteiger partial charge in [-0.15, -0.1) is 0 Å². The van der Waals surface area contributed by atoms with Crippen LogP contribution in [0.4, 0.5) is 0 Å². The maximum atomic E-state index is 12.0. The summed E-state index contributed by atoms with van der Waals surface area (Å²) in [4.78, 5) is 12.0. The lowest BCUT2D eigenvalue weighted by Crippen LogP contribution is -2.56. The highest BCUT2D eigenvalue weighted by atomic mass is 16.2. The number of hydrogen-bond acceptors (Lipinski definition) is 3. The van der Waals surface area contributed by atoms with Gasteiger partial charge in [-0.25, -0.2) is 0 Å². The Hall–Kier alpha value is -0.610. The van der Waals surface area contributed by atoms with Gasteiger partial charge in [0.1, 0.15) is 0 Å². The van der Waals surface area contributed by atoms with Crippen molar-refractivity contribution >= 4 is 5.91 Å². The predicted octanol–water partition coefficient (Wildman–Crippen LogP) is 1.17. The molecule has 0 heterocycles. The minimum Gasteiger partial charge on any atom is -0.396 e. The van der Waals surface area contributed by atoms with Crippen LogP contribution < -0.4 is 11.1 Å². The molecule has 1 aliphatic carbocycles. The average molecular weight is 242 g/mol. The van der Waals surface area contributed by atoms with E-state index < -0.39 is 5.54 Å². The summed E-state index contributed by atoms with van der Waals surface area (Å²) in [7, 11) is 0. The van der Waals surface area contributed by atoms with Gasteiger partial charge in [0.15, 0.2) is 0 Å². The molecule has 1 saturated carbocycles. The summed E-state index contributed by atoms with van der Waals surface area (Å²) in [5, 5.41) is 11.6. The molecule has 0 bridgehead atoms. The van der Waals surface area contributed by atoms with Crippen LogP contribution in [0.15, 0.2) is 0 Å². The Labute approximate surface area is 104 Å². The van der Waals surface area contributed by atoms with Crippen molar-refractivity contribution in [2.45, 2.75) is 57.4 Å². The van der Waals surface area contributed by atoms with Gasteiger partial charge in [0, 0.05) is 13.2 Å². The highest BCUT2D eigenvalue weighted by Gasteiger charge is 2.37. The van der Waals surface area contributed by atoms with E-state index in [1.165, 1.54) is 6.42 Å². The Morgan fingerprint density at radius 1 is 1.47 bits per heavy atom. The summed E-state index contributed by atoms with van der Waals surface area (Å²) in [6.07, 6.45) is 6.51. The minimum absolute atomic E-state index is 0.00745. The first-order valence-corrected chi connectivity index (χ1v) is 6.76. The molecule has 4 heteroatoms. The van der Waals surface area contributed by atoms with Crippen molar-refractivity contribution in [3.63, 3.8) is 0 Å². The van der Waals surface area contributed by atoms with E-state index in [9.17, 15) is 4.79 Å². The summed E-state index contributed by atoms with van der Waals surface area (Å²) in [5.41, 5.74) is 5.54. The largest absolute Gasteiger partial charge is 0.396 e. The van der Waals surface area contributed by atoms with Crippen LogP contribution in [0.3, 0.4) is 0 Å². The Morgan fingerprint density at radius 3 is 2.88 bits per heavy atom. The second kappa shape index (κ2) is 6.97. The van der Waals surface area contributed by atoms with Crippen molar-refractivity contribution in [3.8, 4) is 0 Å². The van der Waals surface area contributed by atoms with Crippen molar-refractivity contribution in [2.75, 3.05) is 13.2 Å². The molecule has 1 fully saturated rings. The third kappa shape index (κ3) is 4.64. The lowest BCUT2D eigenvalue weighted by atomic mass is 9.76. The lowest BCUT2D eigenvalue weighted by molar-refractivity contribution is -0.128. The summed E-state index contributed by atoms with van der Waals surface area (Å²) >= 11 is 0. The summed E-state index contributed by atoms with van der Waals surface area (Å²) < 4.78 is 0. The van der Waals surface area contributed by atoms with Crippen LogP contribution in [0, 0.1) is 5.92 Å². The fourth-order valence-electron chi connectivity index (χ4n) is 2.59. The van der Waals surface area contributed by atoms with Crippen molar-refractivity contribution in [1.29, 1.82) is 0 Å². The van der Waals surface area contributed by atoms with Gasteiger partial charge in [-0.3, -0.25) is 4.79 Å². The van der Waals surface area contributed by atoms with E-state index in [0.717, 1.165) is 38.5 Å². The summed E-state index contributed by atoms with van der Waals surface area (Å²) in [6.45, 7) is 3.06. The van der Waals surface area contributed by atoms with Crippen molar-refractivity contribution in [1.82, 2.24) is 5.32 Å². The monoisotopic (exact) mass is 242 g/mol. The van der Waals surface area contributed by atoms with Crippen LogP contribution in [0.5, 0.6) is 0 Å². The zero-order valence-electron chi connectivity index (χ0n) is 10.9. The molecule has 1 rings (SSSR count). The Kier molecular flexibility index (Phi) is 5.92. The number of aliphatic hydroxyl groups excluding tert-OH is 1. The first kappa shape index (κ1) is 14.5. The second-order valence-electron chi connectivity index (χ2n) is 5.40. The fourth-order valence-corrected chi connectivity index (χ4v) is 2.59. The van der Waals surface area contributed by atoms with E-state index in [0.29, 0.717) is 12.5 Å². The molecule has 4 nitrogen and oxygen atoms in total. The van der Waals surface area contributed by atoms with Crippen molar-refractivity contribution in [2.24, 2.45) is 11.7 Å². The van der Waals surface area contributed by atoms with E-state index in [1.54, 1.807) is 0 Å². The molecule has 0 spiro atoms. The zero-order chi connectivity index (χ0) is 12.7. The van der Waals surface area contributed by atoms with Gasteiger partial charge in [0.25, 0.3) is 0 Å². The first-order valence-electron chi connectivity index (χ1n) is 6.76. The van der Waals surface area contributed by atoms with Crippen LogP contribution in [0.1, 0.15) is 51.9 Å². The topological polar surface area (TPSA) is 75.4 Å². The molecule has 2 unspecified atom stereocenters. The van der Waals surface area contributed by atoms with Gasteiger partial charge >= 0.3 is 0 Å². The molecule has 0 radical (unpaired) electrons. The quantitative estimate of drug-likeness (QED) is 0.612. The number of amides is 1. The standard InChI is InChI=1S/C13H26N2O2/c1-11-6-5-7-13(14,10-11)12(17)15-8-3-2-4-9-16/h11,16H,2-10,14H2,1H3,(H,15,17). The molecule has 100 valence electrons. The molecule has 0 saturated heterocycles. The number of nitrogens with one attached hydrogen (secondary N) is 1. The van der Waals surface area contributed by atoms with Crippen LogP contribution in [0.2, 0.25) is 0 Å². The third-order valence-electron chi connectivity index (χ3n) is 3.61.